The molecule has 1 unspecified atom stereocenters. The molecule has 4 rings (SSSR count). The lowest BCUT2D eigenvalue weighted by Gasteiger charge is -2.34. The molecule has 0 aromatic carbocycles. The Kier molecular flexibility index (Phi) is 6.46. The summed E-state index contributed by atoms with van der Waals surface area (Å²) in [6, 6.07) is 5.56. The van der Waals surface area contributed by atoms with Gasteiger partial charge in [0.15, 0.2) is 0 Å². The van der Waals surface area contributed by atoms with Crippen LogP contribution in [0.3, 0.4) is 0 Å². The Hall–Kier alpha value is -3.00. The fraction of sp³-hybridized carbons (Fsp3) is 0.478. The molecule has 1 saturated heterocycles. The average molecular weight is 424 g/mol. The van der Waals surface area contributed by atoms with Crippen molar-refractivity contribution in [3.63, 3.8) is 0 Å². The van der Waals surface area contributed by atoms with Crippen molar-refractivity contribution in [2.24, 2.45) is 5.92 Å². The molecule has 2 amide bonds. The van der Waals surface area contributed by atoms with Gasteiger partial charge in [-0.25, -0.2) is 4.98 Å². The van der Waals surface area contributed by atoms with Gasteiger partial charge in [-0.2, -0.15) is 0 Å². The Morgan fingerprint density at radius 2 is 2.16 bits per heavy atom. The summed E-state index contributed by atoms with van der Waals surface area (Å²) in [5.41, 5.74) is 2.14. The Morgan fingerprint density at radius 1 is 1.35 bits per heavy atom. The number of pyridine rings is 2. The summed E-state index contributed by atoms with van der Waals surface area (Å²) in [6.07, 6.45) is 7.74. The van der Waals surface area contributed by atoms with Crippen molar-refractivity contribution in [1.82, 2.24) is 14.9 Å². The molecule has 8 heteroatoms. The molecule has 8 nitrogen and oxygen atoms in total. The van der Waals surface area contributed by atoms with E-state index in [1.165, 1.54) is 0 Å². The maximum atomic E-state index is 13.3. The highest BCUT2D eigenvalue weighted by Gasteiger charge is 2.30. The van der Waals surface area contributed by atoms with Gasteiger partial charge in [-0.05, 0) is 42.9 Å². The van der Waals surface area contributed by atoms with Crippen LogP contribution in [0.1, 0.15) is 48.1 Å². The van der Waals surface area contributed by atoms with Crippen LogP contribution in [-0.4, -0.2) is 60.0 Å². The lowest BCUT2D eigenvalue weighted by Crippen LogP contribution is -2.44. The number of carbonyl (C=O) groups excluding carboxylic acids is 2. The van der Waals surface area contributed by atoms with Crippen LogP contribution in [0, 0.1) is 5.92 Å². The smallest absolute Gasteiger partial charge is 0.255 e. The van der Waals surface area contributed by atoms with Crippen molar-refractivity contribution >= 4 is 23.3 Å². The lowest BCUT2D eigenvalue weighted by atomic mass is 9.99. The van der Waals surface area contributed by atoms with Gasteiger partial charge in [0.05, 0.1) is 23.8 Å². The fourth-order valence-electron chi connectivity index (χ4n) is 4.34. The van der Waals surface area contributed by atoms with E-state index in [1.807, 2.05) is 19.1 Å². The minimum atomic E-state index is -0.130. The van der Waals surface area contributed by atoms with E-state index in [0.29, 0.717) is 29.5 Å². The van der Waals surface area contributed by atoms with Crippen molar-refractivity contribution in [3.05, 3.63) is 47.9 Å². The number of amides is 2. The minimum Gasteiger partial charge on any atom is -0.381 e. The van der Waals surface area contributed by atoms with Crippen LogP contribution in [0.5, 0.6) is 0 Å². The molecule has 1 fully saturated rings. The quantitative estimate of drug-likeness (QED) is 0.769. The second-order valence-electron chi connectivity index (χ2n) is 8.13. The van der Waals surface area contributed by atoms with E-state index in [1.54, 1.807) is 41.5 Å². The van der Waals surface area contributed by atoms with Gasteiger partial charge in [0, 0.05) is 45.4 Å². The highest BCUT2D eigenvalue weighted by Crippen LogP contribution is 2.32. The van der Waals surface area contributed by atoms with Crippen LogP contribution in [-0.2, 0) is 9.53 Å². The number of hydrogen-bond donors (Lipinski definition) is 1. The number of carbonyl (C=O) groups is 2. The molecule has 4 heterocycles. The highest BCUT2D eigenvalue weighted by atomic mass is 16.5. The Balaban J connectivity index is 1.58. The number of aromatic nitrogens is 2. The molecule has 164 valence electrons. The number of nitrogens with zero attached hydrogens (tertiary/aromatic N) is 4. The Morgan fingerprint density at radius 3 is 2.87 bits per heavy atom. The molecule has 1 N–H and O–H groups in total. The van der Waals surface area contributed by atoms with Crippen LogP contribution >= 0.6 is 0 Å². The zero-order valence-electron chi connectivity index (χ0n) is 18.1. The first kappa shape index (κ1) is 21.2. The summed E-state index contributed by atoms with van der Waals surface area (Å²) in [4.78, 5) is 38.2. The third-order valence-corrected chi connectivity index (χ3v) is 6.14. The van der Waals surface area contributed by atoms with E-state index >= 15 is 0 Å². The number of fused-ring (bicyclic) bond motifs is 1. The van der Waals surface area contributed by atoms with Crippen LogP contribution < -0.4 is 10.2 Å². The lowest BCUT2D eigenvalue weighted by molar-refractivity contribution is -0.117. The molecule has 0 spiro atoms. The van der Waals surface area contributed by atoms with E-state index in [9.17, 15) is 9.59 Å². The normalized spacial score (nSPS) is 17.6. The molecule has 0 radical (unpaired) electrons. The summed E-state index contributed by atoms with van der Waals surface area (Å²) in [6.45, 7) is 4.34. The van der Waals surface area contributed by atoms with Crippen molar-refractivity contribution in [3.8, 4) is 0 Å². The standard InChI is InChI=1S/C23H29N5O3/c1-3-19(17-5-4-8-24-12-17)27(2)23(30)18-11-20-22(25-13-18)26-14-21(29)28(20)15-16-6-9-31-10-7-16/h4-5,8,11-13,16,19H,3,6-7,9-10,14-15H2,1-2H3,(H,25,26). The number of ether oxygens (including phenoxy) is 1. The summed E-state index contributed by atoms with van der Waals surface area (Å²) >= 11 is 0. The maximum Gasteiger partial charge on any atom is 0.255 e. The fourth-order valence-corrected chi connectivity index (χ4v) is 4.34. The van der Waals surface area contributed by atoms with Gasteiger partial charge >= 0.3 is 0 Å². The summed E-state index contributed by atoms with van der Waals surface area (Å²) < 4.78 is 5.45. The largest absolute Gasteiger partial charge is 0.381 e. The Labute approximate surface area is 182 Å². The third kappa shape index (κ3) is 4.54. The first-order valence-electron chi connectivity index (χ1n) is 10.9. The molecule has 2 aliphatic rings. The number of hydrogen-bond acceptors (Lipinski definition) is 6. The summed E-state index contributed by atoms with van der Waals surface area (Å²) in [7, 11) is 1.80. The van der Waals surface area contributed by atoms with Gasteiger partial charge < -0.3 is 19.9 Å². The zero-order valence-corrected chi connectivity index (χ0v) is 18.1. The van der Waals surface area contributed by atoms with Crippen LogP contribution in [0.4, 0.5) is 11.5 Å². The molecule has 2 aromatic heterocycles. The maximum absolute atomic E-state index is 13.3. The van der Waals surface area contributed by atoms with Gasteiger partial charge in [-0.15, -0.1) is 0 Å². The molecular weight excluding hydrogens is 394 g/mol. The van der Waals surface area contributed by atoms with Gasteiger partial charge in [0.25, 0.3) is 5.91 Å². The van der Waals surface area contributed by atoms with E-state index < -0.39 is 0 Å². The van der Waals surface area contributed by atoms with E-state index in [4.69, 9.17) is 4.74 Å². The molecule has 0 saturated carbocycles. The van der Waals surface area contributed by atoms with Crippen molar-refractivity contribution in [2.45, 2.75) is 32.2 Å². The van der Waals surface area contributed by atoms with Crippen LogP contribution in [0.2, 0.25) is 0 Å². The second kappa shape index (κ2) is 9.43. The zero-order chi connectivity index (χ0) is 21.8. The van der Waals surface area contributed by atoms with E-state index in [0.717, 1.165) is 38.0 Å². The molecule has 2 aromatic rings. The molecule has 0 bridgehead atoms. The third-order valence-electron chi connectivity index (χ3n) is 6.14. The topological polar surface area (TPSA) is 87.7 Å². The second-order valence-corrected chi connectivity index (χ2v) is 8.13. The van der Waals surface area contributed by atoms with E-state index in [-0.39, 0.29) is 24.4 Å². The van der Waals surface area contributed by atoms with Crippen molar-refractivity contribution in [1.29, 1.82) is 0 Å². The molecular formula is C23H29N5O3. The molecule has 2 aliphatic heterocycles. The van der Waals surface area contributed by atoms with Crippen LogP contribution in [0.25, 0.3) is 0 Å². The number of rotatable bonds is 6. The highest BCUT2D eigenvalue weighted by molar-refractivity contribution is 6.04. The summed E-state index contributed by atoms with van der Waals surface area (Å²) in [5, 5.41) is 3.07. The van der Waals surface area contributed by atoms with Gasteiger partial charge in [-0.1, -0.05) is 13.0 Å². The predicted octanol–water partition coefficient (Wildman–Crippen LogP) is 2.89. The first-order chi connectivity index (χ1) is 15.1. The van der Waals surface area contributed by atoms with Crippen molar-refractivity contribution < 1.29 is 14.3 Å². The predicted molar refractivity (Wildman–Crippen MR) is 118 cm³/mol. The SMILES string of the molecule is CCC(c1cccnc1)N(C)C(=O)c1cnc2c(c1)N(CC1CCOCC1)C(=O)CN2. The monoisotopic (exact) mass is 423 g/mol. The first-order valence-corrected chi connectivity index (χ1v) is 10.9. The molecule has 0 aliphatic carbocycles. The van der Waals surface area contributed by atoms with Gasteiger partial charge in [0.2, 0.25) is 5.91 Å². The molecule has 31 heavy (non-hydrogen) atoms. The number of nitrogens with one attached hydrogen (secondary N) is 1. The van der Waals surface area contributed by atoms with Crippen molar-refractivity contribution in [2.75, 3.05) is 43.6 Å². The van der Waals surface area contributed by atoms with Gasteiger partial charge in [0.1, 0.15) is 5.82 Å². The minimum absolute atomic E-state index is 0.000500. The number of anilines is 2. The average Bonchev–Trinajstić information content (AvgIpc) is 2.82. The summed E-state index contributed by atoms with van der Waals surface area (Å²) in [5.74, 6) is 0.904. The molecule has 1 atom stereocenters. The Bertz CT molecular complexity index is 930. The van der Waals surface area contributed by atoms with Crippen LogP contribution in [0.15, 0.2) is 36.8 Å². The van der Waals surface area contributed by atoms with Gasteiger partial charge in [-0.3, -0.25) is 14.6 Å². The van der Waals surface area contributed by atoms with E-state index in [2.05, 4.69) is 15.3 Å².